The van der Waals surface area contributed by atoms with Gasteiger partial charge in [0.15, 0.2) is 0 Å². The van der Waals surface area contributed by atoms with Gasteiger partial charge in [0.2, 0.25) is 0 Å². The van der Waals surface area contributed by atoms with Crippen molar-refractivity contribution in [2.75, 3.05) is 0 Å². The van der Waals surface area contributed by atoms with E-state index in [1.54, 1.807) is 0 Å². The van der Waals surface area contributed by atoms with Crippen molar-refractivity contribution in [2.45, 2.75) is 0 Å². The minimum Gasteiger partial charge on any atom is -0.0616 e. The Bertz CT molecular complexity index is 3870. The van der Waals surface area contributed by atoms with Gasteiger partial charge in [-0.1, -0.05) is 218 Å². The highest BCUT2D eigenvalue weighted by Crippen LogP contribution is 2.32. The van der Waals surface area contributed by atoms with Crippen molar-refractivity contribution in [3.8, 4) is 0 Å². The second-order valence-electron chi connectivity index (χ2n) is 17.7. The molecule has 0 aromatic heterocycles. The summed E-state index contributed by atoms with van der Waals surface area (Å²) in [6.07, 6.45) is 0. The summed E-state index contributed by atoms with van der Waals surface area (Å²) in [5.41, 5.74) is 0. The van der Waals surface area contributed by atoms with Gasteiger partial charge >= 0.3 is 0 Å². The van der Waals surface area contributed by atoms with Crippen molar-refractivity contribution in [1.29, 1.82) is 0 Å². The summed E-state index contributed by atoms with van der Waals surface area (Å²) in [6.45, 7) is 0. The van der Waals surface area contributed by atoms with Crippen LogP contribution in [0.3, 0.4) is 0 Å². The quantitative estimate of drug-likeness (QED) is 0.105. The van der Waals surface area contributed by atoms with E-state index in [1.165, 1.54) is 118 Å². The predicted molar refractivity (Wildman–Crippen MR) is 298 cm³/mol. The van der Waals surface area contributed by atoms with E-state index in [0.29, 0.717) is 0 Å². The van der Waals surface area contributed by atoms with Crippen LogP contribution in [0.2, 0.25) is 0 Å². The molecule has 15 aromatic rings. The minimum absolute atomic E-state index is 1.31. The van der Waals surface area contributed by atoms with Gasteiger partial charge in [-0.25, -0.2) is 0 Å². The number of benzene rings is 15. The maximum atomic E-state index is 2.30. The van der Waals surface area contributed by atoms with Gasteiger partial charge in [0.25, 0.3) is 0 Å². The molecule has 318 valence electrons. The van der Waals surface area contributed by atoms with Crippen LogP contribution in [0.1, 0.15) is 0 Å². The third-order valence-electron chi connectivity index (χ3n) is 13.4. The molecule has 0 saturated heterocycles. The average Bonchev–Trinajstić information content (AvgIpc) is 3.40. The largest absolute Gasteiger partial charge is 0.0616 e. The predicted octanol–water partition coefficient (Wildman–Crippen LogP) is 19.4. The number of hydrogen-bond donors (Lipinski definition) is 0. The fraction of sp³-hybridized carbons (Fsp3) is 0. The summed E-state index contributed by atoms with van der Waals surface area (Å²) in [6, 6.07) is 99.8. The molecule has 15 aromatic carbocycles. The first-order valence-electron chi connectivity index (χ1n) is 23.5. The van der Waals surface area contributed by atoms with Crippen LogP contribution in [0.15, 0.2) is 279 Å². The molecule has 0 unspecified atom stereocenters. The van der Waals surface area contributed by atoms with Gasteiger partial charge in [-0.15, -0.1) is 0 Å². The Morgan fingerprint density at radius 3 is 0.544 bits per heavy atom. The van der Waals surface area contributed by atoms with Crippen LogP contribution >= 0.6 is 0 Å². The van der Waals surface area contributed by atoms with E-state index < -0.39 is 0 Å². The molecule has 68 heavy (non-hydrogen) atoms. The van der Waals surface area contributed by atoms with Crippen LogP contribution in [0, 0.1) is 0 Å². The summed E-state index contributed by atoms with van der Waals surface area (Å²) < 4.78 is 0. The molecule has 0 heteroatoms. The zero-order valence-electron chi connectivity index (χ0n) is 37.6. The van der Waals surface area contributed by atoms with E-state index in [1.807, 2.05) is 0 Å². The molecule has 0 fully saturated rings. The van der Waals surface area contributed by atoms with Crippen molar-refractivity contribution in [3.05, 3.63) is 279 Å². The summed E-state index contributed by atoms with van der Waals surface area (Å²) in [5, 5.41) is 28.9. The topological polar surface area (TPSA) is 0 Å². The molecule has 0 saturated carbocycles. The van der Waals surface area contributed by atoms with Gasteiger partial charge in [-0.05, 0) is 179 Å². The highest BCUT2D eigenvalue weighted by Gasteiger charge is 2.04. The van der Waals surface area contributed by atoms with Crippen molar-refractivity contribution >= 4 is 118 Å². The molecular weight excluding hydrogens is 817 g/mol. The zero-order valence-corrected chi connectivity index (χ0v) is 37.6. The van der Waals surface area contributed by atoms with Crippen LogP contribution in [0.4, 0.5) is 0 Å². The highest BCUT2D eigenvalue weighted by atomic mass is 14.1. The van der Waals surface area contributed by atoms with Crippen molar-refractivity contribution < 1.29 is 0 Å². The Morgan fingerprint density at radius 1 is 0.103 bits per heavy atom. The lowest BCUT2D eigenvalue weighted by Crippen LogP contribution is -1.79. The molecule has 0 radical (unpaired) electrons. The first-order valence-corrected chi connectivity index (χ1v) is 23.5. The Morgan fingerprint density at radius 2 is 0.279 bits per heavy atom. The normalized spacial score (nSPS) is 11.2. The zero-order chi connectivity index (χ0) is 45.2. The van der Waals surface area contributed by atoms with Crippen LogP contribution in [0.25, 0.3) is 118 Å². The first kappa shape index (κ1) is 40.7. The summed E-state index contributed by atoms with van der Waals surface area (Å²) in [5.74, 6) is 0. The lowest BCUT2D eigenvalue weighted by Gasteiger charge is -2.06. The monoisotopic (exact) mass is 862 g/mol. The molecule has 0 heterocycles. The number of rotatable bonds is 0. The van der Waals surface area contributed by atoms with E-state index in [-0.39, 0.29) is 0 Å². The van der Waals surface area contributed by atoms with Gasteiger partial charge in [0, 0.05) is 0 Å². The second-order valence-corrected chi connectivity index (χ2v) is 17.7. The lowest BCUT2D eigenvalue weighted by molar-refractivity contribution is 1.76. The smallest absolute Gasteiger partial charge is 0.00990 e. The van der Waals surface area contributed by atoms with Gasteiger partial charge in [0.1, 0.15) is 0 Å². The molecular formula is C68H46. The molecule has 0 N–H and O–H groups in total. The first-order chi connectivity index (χ1) is 33.7. The van der Waals surface area contributed by atoms with Crippen LogP contribution in [0.5, 0.6) is 0 Å². The van der Waals surface area contributed by atoms with Crippen molar-refractivity contribution in [2.24, 2.45) is 0 Å². The number of fused-ring (bicyclic) bond motifs is 13. The van der Waals surface area contributed by atoms with E-state index in [2.05, 4.69) is 279 Å². The molecule has 0 aliphatic carbocycles. The standard InChI is InChI=1S/3C18H12.C14H10/c2*1-2-7-15-12-18-16(11-14(15)6-1)10-9-13-5-3-4-8-17(13)18;1-2-6-14-10-18-12-16-8-4-3-7-15(16)11-17(18)9-13(14)5-1;1-2-6-12-10-14-8-4-3-7-13(14)9-11(12)5-1/h3*1-12H;1-10H. The van der Waals surface area contributed by atoms with Gasteiger partial charge in [0.05, 0.1) is 0 Å². The molecule has 0 atom stereocenters. The van der Waals surface area contributed by atoms with Crippen LogP contribution in [-0.2, 0) is 0 Å². The van der Waals surface area contributed by atoms with Crippen molar-refractivity contribution in [1.82, 2.24) is 0 Å². The van der Waals surface area contributed by atoms with E-state index in [0.717, 1.165) is 0 Å². The van der Waals surface area contributed by atoms with Gasteiger partial charge in [-0.3, -0.25) is 0 Å². The Kier molecular flexibility index (Phi) is 10.7. The molecule has 15 rings (SSSR count). The average molecular weight is 863 g/mol. The second kappa shape index (κ2) is 17.9. The molecule has 0 nitrogen and oxygen atoms in total. The highest BCUT2D eigenvalue weighted by molar-refractivity contribution is 6.13. The van der Waals surface area contributed by atoms with Gasteiger partial charge < -0.3 is 0 Å². The van der Waals surface area contributed by atoms with E-state index >= 15 is 0 Å². The molecule has 0 bridgehead atoms. The Labute approximate surface area is 395 Å². The van der Waals surface area contributed by atoms with Crippen LogP contribution < -0.4 is 0 Å². The summed E-state index contributed by atoms with van der Waals surface area (Å²) >= 11 is 0. The van der Waals surface area contributed by atoms with Gasteiger partial charge in [-0.2, -0.15) is 0 Å². The summed E-state index contributed by atoms with van der Waals surface area (Å²) in [7, 11) is 0. The Balaban J connectivity index is 0.0000000946. The number of hydrogen-bond acceptors (Lipinski definition) is 0. The molecule has 0 aliphatic rings. The van der Waals surface area contributed by atoms with E-state index in [4.69, 9.17) is 0 Å². The molecule has 0 spiro atoms. The fourth-order valence-electron chi connectivity index (χ4n) is 9.91. The Hall–Kier alpha value is -8.84. The van der Waals surface area contributed by atoms with Crippen molar-refractivity contribution in [3.63, 3.8) is 0 Å². The van der Waals surface area contributed by atoms with E-state index in [9.17, 15) is 0 Å². The third-order valence-corrected chi connectivity index (χ3v) is 13.4. The minimum atomic E-state index is 1.31. The fourth-order valence-corrected chi connectivity index (χ4v) is 9.91. The third kappa shape index (κ3) is 8.10. The van der Waals surface area contributed by atoms with Crippen LogP contribution in [-0.4, -0.2) is 0 Å². The maximum absolute atomic E-state index is 2.30. The molecule has 0 aliphatic heterocycles. The molecule has 0 amide bonds. The maximum Gasteiger partial charge on any atom is -0.00990 e. The SMILES string of the molecule is c1ccc2cc3c(ccc4ccccc43)cc2c1.c1ccc2cc3c(ccc4ccccc43)cc2c1.c1ccc2cc3cc4ccccc4cc3cc2c1.c1ccc2cc3ccccc3cc2c1. The lowest BCUT2D eigenvalue weighted by atomic mass is 9.98. The summed E-state index contributed by atoms with van der Waals surface area (Å²) in [4.78, 5) is 0.